The van der Waals surface area contributed by atoms with Gasteiger partial charge >= 0.3 is 0 Å². The maximum absolute atomic E-state index is 12.7. The van der Waals surface area contributed by atoms with Crippen LogP contribution in [0.2, 0.25) is 0 Å². The summed E-state index contributed by atoms with van der Waals surface area (Å²) in [5, 5.41) is 2.16. The lowest BCUT2D eigenvalue weighted by Gasteiger charge is -2.13. The summed E-state index contributed by atoms with van der Waals surface area (Å²) in [7, 11) is 0. The number of carbonyl (C=O) groups is 4. The van der Waals surface area contributed by atoms with E-state index in [1.54, 1.807) is 43.3 Å². The molecule has 9 nitrogen and oxygen atoms in total. The first-order valence-corrected chi connectivity index (χ1v) is 10.9. The van der Waals surface area contributed by atoms with Crippen molar-refractivity contribution >= 4 is 46.5 Å². The predicted molar refractivity (Wildman–Crippen MR) is 125 cm³/mol. The Hall–Kier alpha value is -3.79. The predicted octanol–water partition coefficient (Wildman–Crippen LogP) is 2.93. The molecule has 3 rings (SSSR count). The van der Waals surface area contributed by atoms with Crippen molar-refractivity contribution in [1.82, 2.24) is 4.90 Å². The fourth-order valence-corrected chi connectivity index (χ4v) is 3.84. The molecule has 1 saturated heterocycles. The molecule has 0 aromatic heterocycles. The highest BCUT2D eigenvalue weighted by Gasteiger charge is 2.36. The fraction of sp³-hybridized carbons (Fsp3) is 0.217. The summed E-state index contributed by atoms with van der Waals surface area (Å²) in [6, 6.07) is 12.1. The molecule has 1 fully saturated rings. The van der Waals surface area contributed by atoms with E-state index >= 15 is 0 Å². The second kappa shape index (κ2) is 10.7. The van der Waals surface area contributed by atoms with Gasteiger partial charge in [0.05, 0.1) is 11.5 Å². The number of hydrogen-bond acceptors (Lipinski definition) is 7. The number of ether oxygens (including phenoxy) is 2. The van der Waals surface area contributed by atoms with Crippen molar-refractivity contribution in [2.24, 2.45) is 5.73 Å². The van der Waals surface area contributed by atoms with Crippen molar-refractivity contribution in [2.45, 2.75) is 13.8 Å². The van der Waals surface area contributed by atoms with Crippen molar-refractivity contribution < 1.29 is 28.7 Å². The van der Waals surface area contributed by atoms with Crippen molar-refractivity contribution in [3.8, 4) is 11.5 Å². The van der Waals surface area contributed by atoms with Crippen molar-refractivity contribution in [1.29, 1.82) is 0 Å². The summed E-state index contributed by atoms with van der Waals surface area (Å²) in [6.45, 7) is 3.34. The van der Waals surface area contributed by atoms with Gasteiger partial charge in [-0.25, -0.2) is 0 Å². The molecule has 4 amide bonds. The highest BCUT2D eigenvalue weighted by Crippen LogP contribution is 2.34. The molecule has 0 atom stereocenters. The number of amides is 4. The van der Waals surface area contributed by atoms with Crippen LogP contribution in [-0.4, -0.2) is 47.6 Å². The molecule has 2 aromatic rings. The molecule has 10 heteroatoms. The summed E-state index contributed by atoms with van der Waals surface area (Å²) in [5.74, 6) is -0.963. The molecule has 0 unspecified atom stereocenters. The van der Waals surface area contributed by atoms with Crippen LogP contribution in [0.15, 0.2) is 47.4 Å². The molecule has 1 aliphatic rings. The van der Waals surface area contributed by atoms with Crippen molar-refractivity contribution in [2.75, 3.05) is 25.1 Å². The van der Waals surface area contributed by atoms with E-state index in [-0.39, 0.29) is 18.1 Å². The minimum atomic E-state index is -0.623. The third-order valence-electron chi connectivity index (χ3n) is 4.41. The van der Waals surface area contributed by atoms with E-state index in [1.807, 2.05) is 13.0 Å². The lowest BCUT2D eigenvalue weighted by Crippen LogP contribution is -2.36. The first-order chi connectivity index (χ1) is 15.8. The Bertz CT molecular complexity index is 1130. The number of rotatable bonds is 9. The van der Waals surface area contributed by atoms with E-state index in [1.165, 1.54) is 6.08 Å². The van der Waals surface area contributed by atoms with Gasteiger partial charge in [-0.15, -0.1) is 0 Å². The van der Waals surface area contributed by atoms with Gasteiger partial charge in [0, 0.05) is 5.69 Å². The summed E-state index contributed by atoms with van der Waals surface area (Å²) in [6.07, 6.45) is 1.53. The highest BCUT2D eigenvalue weighted by molar-refractivity contribution is 8.18. The molecule has 172 valence electrons. The van der Waals surface area contributed by atoms with Crippen LogP contribution in [-0.2, 0) is 14.4 Å². The summed E-state index contributed by atoms with van der Waals surface area (Å²) in [5.41, 5.74) is 7.25. The normalized spacial score (nSPS) is 14.5. The van der Waals surface area contributed by atoms with E-state index in [0.29, 0.717) is 29.4 Å². The van der Waals surface area contributed by atoms with Crippen LogP contribution < -0.4 is 20.5 Å². The first kappa shape index (κ1) is 23.9. The van der Waals surface area contributed by atoms with Gasteiger partial charge in [-0.05, 0) is 67.1 Å². The Kier molecular flexibility index (Phi) is 7.73. The molecule has 0 spiro atoms. The van der Waals surface area contributed by atoms with Gasteiger partial charge in [0.15, 0.2) is 18.1 Å². The molecule has 1 aliphatic heterocycles. The van der Waals surface area contributed by atoms with Crippen LogP contribution in [0.25, 0.3) is 6.08 Å². The van der Waals surface area contributed by atoms with E-state index < -0.39 is 23.0 Å². The number of hydrogen-bond donors (Lipinski definition) is 2. The van der Waals surface area contributed by atoms with Crippen LogP contribution >= 0.6 is 11.8 Å². The maximum atomic E-state index is 12.7. The Morgan fingerprint density at radius 1 is 1.12 bits per heavy atom. The Morgan fingerprint density at radius 3 is 2.61 bits per heavy atom. The summed E-state index contributed by atoms with van der Waals surface area (Å²) < 4.78 is 10.9. The second-order valence-electron chi connectivity index (χ2n) is 7.08. The van der Waals surface area contributed by atoms with Gasteiger partial charge in [-0.3, -0.25) is 24.1 Å². The Morgan fingerprint density at radius 2 is 1.91 bits per heavy atom. The molecule has 1 heterocycles. The van der Waals surface area contributed by atoms with Crippen LogP contribution in [0.1, 0.15) is 18.1 Å². The summed E-state index contributed by atoms with van der Waals surface area (Å²) in [4.78, 5) is 49.5. The molecular weight excluding hydrogens is 446 g/mol. The Labute approximate surface area is 194 Å². The SMILES string of the molecule is CCOc1cc(C=C2SC(=O)N(CC(=O)Nc3cccc(C)c3)C2=O)ccc1OCC(N)=O. The quantitative estimate of drug-likeness (QED) is 0.540. The van der Waals surface area contributed by atoms with Gasteiger partial charge in [-0.1, -0.05) is 18.2 Å². The first-order valence-electron chi connectivity index (χ1n) is 10.1. The smallest absolute Gasteiger partial charge is 0.294 e. The van der Waals surface area contributed by atoms with Gasteiger partial charge in [0.25, 0.3) is 17.1 Å². The number of imide groups is 1. The zero-order chi connectivity index (χ0) is 24.0. The number of aryl methyl sites for hydroxylation is 1. The van der Waals surface area contributed by atoms with Crippen LogP contribution in [0, 0.1) is 6.92 Å². The molecule has 33 heavy (non-hydrogen) atoms. The van der Waals surface area contributed by atoms with E-state index in [4.69, 9.17) is 15.2 Å². The number of primary amides is 1. The van der Waals surface area contributed by atoms with E-state index in [2.05, 4.69) is 5.32 Å². The van der Waals surface area contributed by atoms with Crippen molar-refractivity contribution in [3.63, 3.8) is 0 Å². The number of thioether (sulfide) groups is 1. The van der Waals surface area contributed by atoms with Gasteiger partial charge in [0.1, 0.15) is 6.54 Å². The molecule has 0 bridgehead atoms. The monoisotopic (exact) mass is 469 g/mol. The molecule has 2 aromatic carbocycles. The zero-order valence-electron chi connectivity index (χ0n) is 18.1. The summed E-state index contributed by atoms with van der Waals surface area (Å²) >= 11 is 0.750. The van der Waals surface area contributed by atoms with Gasteiger partial charge in [-0.2, -0.15) is 0 Å². The lowest BCUT2D eigenvalue weighted by molar-refractivity contribution is -0.127. The molecule has 0 radical (unpaired) electrons. The Balaban J connectivity index is 1.72. The van der Waals surface area contributed by atoms with Gasteiger partial charge < -0.3 is 20.5 Å². The van der Waals surface area contributed by atoms with Crippen LogP contribution in [0.3, 0.4) is 0 Å². The van der Waals surface area contributed by atoms with E-state index in [9.17, 15) is 19.2 Å². The average Bonchev–Trinajstić information content (AvgIpc) is 3.00. The number of nitrogens with zero attached hydrogens (tertiary/aromatic N) is 1. The highest BCUT2D eigenvalue weighted by atomic mass is 32.2. The number of carbonyl (C=O) groups excluding carboxylic acids is 4. The third kappa shape index (κ3) is 6.36. The molecular formula is C23H23N3O6S. The second-order valence-corrected chi connectivity index (χ2v) is 8.07. The maximum Gasteiger partial charge on any atom is 0.294 e. The largest absolute Gasteiger partial charge is 0.490 e. The molecule has 0 aliphatic carbocycles. The minimum absolute atomic E-state index is 0.177. The number of anilines is 1. The fourth-order valence-electron chi connectivity index (χ4n) is 3.01. The third-order valence-corrected chi connectivity index (χ3v) is 5.32. The van der Waals surface area contributed by atoms with Crippen LogP contribution in [0.4, 0.5) is 10.5 Å². The van der Waals surface area contributed by atoms with Crippen LogP contribution in [0.5, 0.6) is 11.5 Å². The topological polar surface area (TPSA) is 128 Å². The standard InChI is InChI=1S/C23H23N3O6S/c1-3-31-18-10-15(7-8-17(18)32-13-20(24)27)11-19-22(29)26(23(30)33-19)12-21(28)25-16-6-4-5-14(2)9-16/h4-11H,3,12-13H2,1-2H3,(H2,24,27)(H,25,28). The number of nitrogens with one attached hydrogen (secondary N) is 1. The zero-order valence-corrected chi connectivity index (χ0v) is 18.9. The lowest BCUT2D eigenvalue weighted by atomic mass is 10.2. The number of benzene rings is 2. The van der Waals surface area contributed by atoms with Crippen molar-refractivity contribution in [3.05, 3.63) is 58.5 Å². The number of nitrogens with two attached hydrogens (primary N) is 1. The van der Waals surface area contributed by atoms with E-state index in [0.717, 1.165) is 22.2 Å². The average molecular weight is 470 g/mol. The molecule has 0 saturated carbocycles. The van der Waals surface area contributed by atoms with Gasteiger partial charge in [0.2, 0.25) is 5.91 Å². The molecule has 3 N–H and O–H groups in total. The minimum Gasteiger partial charge on any atom is -0.490 e.